The Bertz CT molecular complexity index is 1130. The first-order valence-corrected chi connectivity index (χ1v) is 12.3. The highest BCUT2D eigenvalue weighted by molar-refractivity contribution is 5.79. The standard InChI is InChI=1S/C28H37N3O2/c1-6-8-9-14-26(32)30(19-20(3)4)21(5)27-29-25-13-11-10-12-24(25)28(33)31(27)23-17-15-22(7-2)16-18-23/h10-13,15-18,20-21H,6-9,14,19H2,1-5H3. The SMILES string of the molecule is CCCCCC(=O)N(CC(C)C)C(C)c1nc2ccccc2c(=O)n1-c1ccc(CC)cc1. The minimum absolute atomic E-state index is 0.102. The molecule has 0 aliphatic rings. The molecule has 0 saturated carbocycles. The Labute approximate surface area is 197 Å². The molecule has 1 aromatic heterocycles. The van der Waals surface area contributed by atoms with Gasteiger partial charge in [-0.1, -0.05) is 64.8 Å². The molecule has 0 N–H and O–H groups in total. The molecule has 0 aliphatic carbocycles. The normalized spacial score (nSPS) is 12.3. The van der Waals surface area contributed by atoms with Crippen molar-refractivity contribution in [3.63, 3.8) is 0 Å². The Morgan fingerprint density at radius 1 is 1.00 bits per heavy atom. The second kappa shape index (κ2) is 11.3. The molecule has 0 fully saturated rings. The van der Waals surface area contributed by atoms with Crippen LogP contribution in [0.2, 0.25) is 0 Å². The number of amides is 1. The molecule has 1 amide bonds. The summed E-state index contributed by atoms with van der Waals surface area (Å²) in [6.07, 6.45) is 4.45. The van der Waals surface area contributed by atoms with Gasteiger partial charge in [-0.2, -0.15) is 0 Å². The Morgan fingerprint density at radius 2 is 1.70 bits per heavy atom. The molecule has 1 atom stereocenters. The third-order valence-electron chi connectivity index (χ3n) is 6.12. The monoisotopic (exact) mass is 447 g/mol. The van der Waals surface area contributed by atoms with Gasteiger partial charge in [0.05, 0.1) is 22.6 Å². The van der Waals surface area contributed by atoms with Crippen molar-refractivity contribution in [3.8, 4) is 5.69 Å². The first-order chi connectivity index (χ1) is 15.9. The first-order valence-electron chi connectivity index (χ1n) is 12.3. The Morgan fingerprint density at radius 3 is 2.33 bits per heavy atom. The van der Waals surface area contributed by atoms with E-state index in [0.717, 1.165) is 31.4 Å². The van der Waals surface area contributed by atoms with E-state index in [1.807, 2.05) is 60.4 Å². The zero-order valence-corrected chi connectivity index (χ0v) is 20.7. The smallest absolute Gasteiger partial charge is 0.266 e. The van der Waals surface area contributed by atoms with Gasteiger partial charge in [0.15, 0.2) is 0 Å². The summed E-state index contributed by atoms with van der Waals surface area (Å²) >= 11 is 0. The van der Waals surface area contributed by atoms with Crippen LogP contribution in [0.4, 0.5) is 0 Å². The van der Waals surface area contributed by atoms with Crippen molar-refractivity contribution >= 4 is 16.8 Å². The second-order valence-corrected chi connectivity index (χ2v) is 9.22. The van der Waals surface area contributed by atoms with Gasteiger partial charge in [-0.25, -0.2) is 4.98 Å². The minimum Gasteiger partial charge on any atom is -0.333 e. The molecule has 5 heteroatoms. The highest BCUT2D eigenvalue weighted by Gasteiger charge is 2.27. The number of hydrogen-bond acceptors (Lipinski definition) is 3. The number of aromatic nitrogens is 2. The third kappa shape index (κ3) is 5.70. The predicted molar refractivity (Wildman–Crippen MR) is 136 cm³/mol. The van der Waals surface area contributed by atoms with Crippen LogP contribution in [0, 0.1) is 5.92 Å². The van der Waals surface area contributed by atoms with Crippen LogP contribution < -0.4 is 5.56 Å². The van der Waals surface area contributed by atoms with Gasteiger partial charge in [-0.3, -0.25) is 14.2 Å². The van der Waals surface area contributed by atoms with Crippen molar-refractivity contribution < 1.29 is 4.79 Å². The number of carbonyl (C=O) groups is 1. The fourth-order valence-corrected chi connectivity index (χ4v) is 4.24. The molecule has 1 heterocycles. The van der Waals surface area contributed by atoms with Crippen molar-refractivity contribution in [2.24, 2.45) is 5.92 Å². The first kappa shape index (κ1) is 24.7. The van der Waals surface area contributed by atoms with E-state index in [-0.39, 0.29) is 17.5 Å². The van der Waals surface area contributed by atoms with Crippen LogP contribution in [0.5, 0.6) is 0 Å². The molecule has 0 spiro atoms. The molecule has 5 nitrogen and oxygen atoms in total. The number of nitrogens with zero attached hydrogens (tertiary/aromatic N) is 3. The van der Waals surface area contributed by atoms with Crippen molar-refractivity contribution in [2.45, 2.75) is 72.8 Å². The Kier molecular flexibility index (Phi) is 8.43. The second-order valence-electron chi connectivity index (χ2n) is 9.22. The van der Waals surface area contributed by atoms with Crippen molar-refractivity contribution in [2.75, 3.05) is 6.54 Å². The number of rotatable bonds is 10. The summed E-state index contributed by atoms with van der Waals surface area (Å²) in [5, 5.41) is 0.581. The molecule has 3 aromatic rings. The quantitative estimate of drug-likeness (QED) is 0.354. The topological polar surface area (TPSA) is 55.2 Å². The van der Waals surface area contributed by atoms with Crippen molar-refractivity contribution in [1.29, 1.82) is 0 Å². The van der Waals surface area contributed by atoms with Gasteiger partial charge in [0.2, 0.25) is 5.91 Å². The summed E-state index contributed by atoms with van der Waals surface area (Å²) in [5.74, 6) is 1.04. The number of hydrogen-bond donors (Lipinski definition) is 0. The molecule has 0 bridgehead atoms. The van der Waals surface area contributed by atoms with Gasteiger partial charge in [0, 0.05) is 13.0 Å². The van der Waals surface area contributed by atoms with E-state index in [0.29, 0.717) is 35.6 Å². The highest BCUT2D eigenvalue weighted by Crippen LogP contribution is 2.25. The van der Waals surface area contributed by atoms with E-state index in [4.69, 9.17) is 4.98 Å². The average molecular weight is 448 g/mol. The molecule has 3 rings (SSSR count). The van der Waals surface area contributed by atoms with E-state index >= 15 is 0 Å². The van der Waals surface area contributed by atoms with E-state index in [1.54, 1.807) is 4.57 Å². The maximum absolute atomic E-state index is 13.7. The van der Waals surface area contributed by atoms with E-state index in [2.05, 4.69) is 27.7 Å². The molecule has 0 radical (unpaired) electrons. The maximum atomic E-state index is 13.7. The summed E-state index contributed by atoms with van der Waals surface area (Å²) in [6.45, 7) is 11.1. The summed E-state index contributed by atoms with van der Waals surface area (Å²) in [4.78, 5) is 33.8. The average Bonchev–Trinajstić information content (AvgIpc) is 2.82. The zero-order chi connectivity index (χ0) is 24.0. The Balaban J connectivity index is 2.15. The van der Waals surface area contributed by atoms with Crippen LogP contribution in [0.1, 0.15) is 77.7 Å². The fraction of sp³-hybridized carbons (Fsp3) is 0.464. The number of benzene rings is 2. The number of aryl methyl sites for hydroxylation is 1. The van der Waals surface area contributed by atoms with E-state index < -0.39 is 0 Å². The van der Waals surface area contributed by atoms with Gasteiger partial charge < -0.3 is 4.90 Å². The van der Waals surface area contributed by atoms with Crippen molar-refractivity contribution in [3.05, 3.63) is 70.3 Å². The predicted octanol–water partition coefficient (Wildman–Crippen LogP) is 6.07. The summed E-state index contributed by atoms with van der Waals surface area (Å²) in [5.41, 5.74) is 2.55. The molecule has 33 heavy (non-hydrogen) atoms. The van der Waals surface area contributed by atoms with Crippen LogP contribution in [0.3, 0.4) is 0 Å². The largest absolute Gasteiger partial charge is 0.333 e. The lowest BCUT2D eigenvalue weighted by atomic mass is 10.1. The number of carbonyl (C=O) groups excluding carboxylic acids is 1. The summed E-state index contributed by atoms with van der Waals surface area (Å²) in [6, 6.07) is 15.2. The molecule has 176 valence electrons. The van der Waals surface area contributed by atoms with Crippen LogP contribution in [0.15, 0.2) is 53.3 Å². The zero-order valence-electron chi connectivity index (χ0n) is 20.7. The number of unbranched alkanes of at least 4 members (excludes halogenated alkanes) is 2. The molecule has 2 aromatic carbocycles. The third-order valence-corrected chi connectivity index (χ3v) is 6.12. The van der Waals surface area contributed by atoms with Crippen LogP contribution >= 0.6 is 0 Å². The molecular formula is C28H37N3O2. The fourth-order valence-electron chi connectivity index (χ4n) is 4.24. The maximum Gasteiger partial charge on any atom is 0.266 e. The van der Waals surface area contributed by atoms with Gasteiger partial charge in [-0.15, -0.1) is 0 Å². The van der Waals surface area contributed by atoms with Gasteiger partial charge >= 0.3 is 0 Å². The lowest BCUT2D eigenvalue weighted by Crippen LogP contribution is -2.39. The molecular weight excluding hydrogens is 410 g/mol. The van der Waals surface area contributed by atoms with E-state index in [1.165, 1.54) is 5.56 Å². The molecule has 1 unspecified atom stereocenters. The van der Waals surface area contributed by atoms with Crippen LogP contribution in [-0.2, 0) is 11.2 Å². The highest BCUT2D eigenvalue weighted by atomic mass is 16.2. The minimum atomic E-state index is -0.329. The lowest BCUT2D eigenvalue weighted by Gasteiger charge is -2.32. The summed E-state index contributed by atoms with van der Waals surface area (Å²) in [7, 11) is 0. The number of fused-ring (bicyclic) bond motifs is 1. The van der Waals surface area contributed by atoms with Crippen LogP contribution in [0.25, 0.3) is 16.6 Å². The Hall–Kier alpha value is -2.95. The molecule has 0 saturated heterocycles. The van der Waals surface area contributed by atoms with Crippen LogP contribution in [-0.4, -0.2) is 26.9 Å². The lowest BCUT2D eigenvalue weighted by molar-refractivity contribution is -0.134. The van der Waals surface area contributed by atoms with Gasteiger partial charge in [0.1, 0.15) is 5.82 Å². The molecule has 0 aliphatic heterocycles. The van der Waals surface area contributed by atoms with Gasteiger partial charge in [0.25, 0.3) is 5.56 Å². The van der Waals surface area contributed by atoms with Gasteiger partial charge in [-0.05, 0) is 55.5 Å². The summed E-state index contributed by atoms with van der Waals surface area (Å²) < 4.78 is 1.69. The van der Waals surface area contributed by atoms with E-state index in [9.17, 15) is 9.59 Å². The number of para-hydroxylation sites is 1. The van der Waals surface area contributed by atoms with Crippen molar-refractivity contribution in [1.82, 2.24) is 14.5 Å².